The molecule has 0 bridgehead atoms. The first-order valence-corrected chi connectivity index (χ1v) is 10.9. The van der Waals surface area contributed by atoms with Gasteiger partial charge >= 0.3 is 0 Å². The highest BCUT2D eigenvalue weighted by atomic mass is 35.5. The van der Waals surface area contributed by atoms with Crippen LogP contribution in [0.25, 0.3) is 11.3 Å². The second kappa shape index (κ2) is 11.6. The fourth-order valence-electron chi connectivity index (χ4n) is 2.72. The number of carbonyl (C=O) groups is 1. The molecule has 0 spiro atoms. The van der Waals surface area contributed by atoms with Crippen LogP contribution in [-0.4, -0.2) is 10.9 Å². The van der Waals surface area contributed by atoms with Crippen LogP contribution in [0.15, 0.2) is 23.6 Å². The smallest absolute Gasteiger partial charge is 0.226 e. The Labute approximate surface area is 170 Å². The van der Waals surface area contributed by atoms with Crippen LogP contribution >= 0.6 is 34.5 Å². The Balaban J connectivity index is 1.69. The number of aromatic nitrogens is 1. The van der Waals surface area contributed by atoms with Crippen molar-refractivity contribution in [3.63, 3.8) is 0 Å². The van der Waals surface area contributed by atoms with Gasteiger partial charge in [-0.05, 0) is 18.6 Å². The first-order chi connectivity index (χ1) is 12.6. The van der Waals surface area contributed by atoms with Crippen molar-refractivity contribution < 1.29 is 4.79 Å². The highest BCUT2D eigenvalue weighted by Gasteiger charge is 2.09. The minimum atomic E-state index is 0.0334. The van der Waals surface area contributed by atoms with E-state index in [1.54, 1.807) is 12.1 Å². The lowest BCUT2D eigenvalue weighted by atomic mass is 10.1. The number of unbranched alkanes of at least 4 members (excludes halogenated alkanes) is 7. The minimum Gasteiger partial charge on any atom is -0.302 e. The Morgan fingerprint density at radius 3 is 2.42 bits per heavy atom. The third-order valence-electron chi connectivity index (χ3n) is 4.22. The number of carbonyl (C=O) groups excluding carboxylic acids is 1. The summed E-state index contributed by atoms with van der Waals surface area (Å²) in [5.41, 5.74) is 1.68. The number of nitrogens with zero attached hydrogens (tertiary/aromatic N) is 1. The Kier molecular flexibility index (Phi) is 9.44. The van der Waals surface area contributed by atoms with Crippen LogP contribution in [0, 0.1) is 0 Å². The Morgan fingerprint density at radius 1 is 1.04 bits per heavy atom. The molecule has 0 atom stereocenters. The lowest BCUT2D eigenvalue weighted by Gasteiger charge is -2.03. The molecule has 0 fully saturated rings. The van der Waals surface area contributed by atoms with Crippen molar-refractivity contribution in [1.82, 2.24) is 4.98 Å². The van der Waals surface area contributed by atoms with Crippen LogP contribution in [0.3, 0.4) is 0 Å². The predicted octanol–water partition coefficient (Wildman–Crippen LogP) is 7.59. The molecule has 2 rings (SSSR count). The summed E-state index contributed by atoms with van der Waals surface area (Å²) in [6, 6.07) is 5.40. The average molecular weight is 413 g/mol. The molecule has 0 aliphatic rings. The van der Waals surface area contributed by atoms with Gasteiger partial charge in [0, 0.05) is 17.4 Å². The summed E-state index contributed by atoms with van der Waals surface area (Å²) in [5, 5.41) is 6.43. The topological polar surface area (TPSA) is 42.0 Å². The van der Waals surface area contributed by atoms with Crippen molar-refractivity contribution in [1.29, 1.82) is 0 Å². The molecule has 1 amide bonds. The number of anilines is 1. The second-order valence-corrected chi connectivity index (χ2v) is 8.11. The first kappa shape index (κ1) is 21.2. The van der Waals surface area contributed by atoms with Gasteiger partial charge in [-0.15, -0.1) is 11.3 Å². The van der Waals surface area contributed by atoms with E-state index in [2.05, 4.69) is 17.2 Å². The predicted molar refractivity (Wildman–Crippen MR) is 113 cm³/mol. The van der Waals surface area contributed by atoms with Gasteiger partial charge in [-0.3, -0.25) is 4.79 Å². The third kappa shape index (κ3) is 7.26. The number of benzene rings is 1. The molecule has 0 radical (unpaired) electrons. The molecule has 0 aliphatic heterocycles. The van der Waals surface area contributed by atoms with Crippen LogP contribution < -0.4 is 5.32 Å². The summed E-state index contributed by atoms with van der Waals surface area (Å²) in [5.74, 6) is 0.0334. The molecule has 3 nitrogen and oxygen atoms in total. The molecule has 1 N–H and O–H groups in total. The van der Waals surface area contributed by atoms with Gasteiger partial charge in [0.25, 0.3) is 0 Å². The van der Waals surface area contributed by atoms with Gasteiger partial charge in [-0.2, -0.15) is 0 Å². The Bertz CT molecular complexity index is 703. The van der Waals surface area contributed by atoms with E-state index in [1.165, 1.54) is 49.9 Å². The summed E-state index contributed by atoms with van der Waals surface area (Å²) in [6.07, 6.45) is 10.4. The second-order valence-electron chi connectivity index (χ2n) is 6.44. The van der Waals surface area contributed by atoms with E-state index < -0.39 is 0 Å². The van der Waals surface area contributed by atoms with Gasteiger partial charge in [-0.1, -0.05) is 81.1 Å². The van der Waals surface area contributed by atoms with Crippen molar-refractivity contribution in [2.24, 2.45) is 0 Å². The van der Waals surface area contributed by atoms with Crippen LogP contribution in [0.1, 0.15) is 64.7 Å². The fourth-order valence-corrected chi connectivity index (χ4v) is 3.75. The van der Waals surface area contributed by atoms with E-state index in [4.69, 9.17) is 23.2 Å². The van der Waals surface area contributed by atoms with Crippen molar-refractivity contribution in [3.05, 3.63) is 33.6 Å². The third-order valence-corrected chi connectivity index (χ3v) is 5.72. The van der Waals surface area contributed by atoms with Gasteiger partial charge < -0.3 is 5.32 Å². The lowest BCUT2D eigenvalue weighted by molar-refractivity contribution is -0.116. The van der Waals surface area contributed by atoms with Crippen molar-refractivity contribution >= 4 is 45.6 Å². The maximum Gasteiger partial charge on any atom is 0.226 e. The van der Waals surface area contributed by atoms with E-state index in [9.17, 15) is 4.79 Å². The molecule has 1 heterocycles. The molecule has 1 aromatic carbocycles. The van der Waals surface area contributed by atoms with Crippen LogP contribution in [0.5, 0.6) is 0 Å². The van der Waals surface area contributed by atoms with Gasteiger partial charge in [0.1, 0.15) is 0 Å². The molecule has 1 aromatic heterocycles. The van der Waals surface area contributed by atoms with Gasteiger partial charge in [-0.25, -0.2) is 4.98 Å². The summed E-state index contributed by atoms with van der Waals surface area (Å²) in [7, 11) is 0. The summed E-state index contributed by atoms with van der Waals surface area (Å²) >= 11 is 13.4. The number of halogens is 2. The Morgan fingerprint density at radius 2 is 1.73 bits per heavy atom. The molecular weight excluding hydrogens is 387 g/mol. The van der Waals surface area contributed by atoms with Crippen LogP contribution in [0.4, 0.5) is 5.13 Å². The van der Waals surface area contributed by atoms with Crippen LogP contribution in [0.2, 0.25) is 10.0 Å². The van der Waals surface area contributed by atoms with Gasteiger partial charge in [0.2, 0.25) is 5.91 Å². The number of amides is 1. The number of rotatable bonds is 11. The Hall–Kier alpha value is -1.10. The van der Waals surface area contributed by atoms with Crippen molar-refractivity contribution in [2.45, 2.75) is 64.7 Å². The molecule has 0 aliphatic carbocycles. The lowest BCUT2D eigenvalue weighted by Crippen LogP contribution is -2.10. The number of thiazole rings is 1. The van der Waals surface area contributed by atoms with E-state index in [-0.39, 0.29) is 5.91 Å². The molecule has 6 heteroatoms. The van der Waals surface area contributed by atoms with E-state index in [0.717, 1.165) is 24.1 Å². The highest BCUT2D eigenvalue weighted by Crippen LogP contribution is 2.30. The molecule has 26 heavy (non-hydrogen) atoms. The molecule has 0 saturated heterocycles. The summed E-state index contributed by atoms with van der Waals surface area (Å²) < 4.78 is 0. The highest BCUT2D eigenvalue weighted by molar-refractivity contribution is 7.14. The standard InChI is InChI=1S/C20H26Cl2N2OS/c1-2-3-4-5-6-7-8-9-10-19(25)24-20-23-18(14-26-20)15-11-12-16(21)17(22)13-15/h11-14H,2-10H2,1H3,(H,23,24,25). The largest absolute Gasteiger partial charge is 0.302 e. The maximum atomic E-state index is 12.0. The van der Waals surface area contributed by atoms with Gasteiger partial charge in [0.05, 0.1) is 15.7 Å². The minimum absolute atomic E-state index is 0.0334. The molecule has 2 aromatic rings. The first-order valence-electron chi connectivity index (χ1n) is 9.31. The van der Waals surface area contributed by atoms with Gasteiger partial charge in [0.15, 0.2) is 5.13 Å². The zero-order valence-electron chi connectivity index (χ0n) is 15.2. The quantitative estimate of drug-likeness (QED) is 0.386. The molecule has 142 valence electrons. The molecule has 0 unspecified atom stereocenters. The normalized spacial score (nSPS) is 10.9. The number of nitrogens with one attached hydrogen (secondary N) is 1. The maximum absolute atomic E-state index is 12.0. The monoisotopic (exact) mass is 412 g/mol. The zero-order valence-corrected chi connectivity index (χ0v) is 17.5. The van der Waals surface area contributed by atoms with Crippen molar-refractivity contribution in [2.75, 3.05) is 5.32 Å². The average Bonchev–Trinajstić information content (AvgIpc) is 3.08. The number of hydrogen-bond donors (Lipinski definition) is 1. The summed E-state index contributed by atoms with van der Waals surface area (Å²) in [6.45, 7) is 2.23. The van der Waals surface area contributed by atoms with E-state index in [0.29, 0.717) is 21.6 Å². The summed E-state index contributed by atoms with van der Waals surface area (Å²) in [4.78, 5) is 16.5. The molecular formula is C20H26Cl2N2OS. The molecule has 0 saturated carbocycles. The van der Waals surface area contributed by atoms with E-state index in [1.807, 2.05) is 11.4 Å². The SMILES string of the molecule is CCCCCCCCCCC(=O)Nc1nc(-c2ccc(Cl)c(Cl)c2)cs1. The van der Waals surface area contributed by atoms with E-state index >= 15 is 0 Å². The van der Waals surface area contributed by atoms with Crippen molar-refractivity contribution in [3.8, 4) is 11.3 Å². The fraction of sp³-hybridized carbons (Fsp3) is 0.500. The zero-order chi connectivity index (χ0) is 18.8. The number of hydrogen-bond acceptors (Lipinski definition) is 3. The van der Waals surface area contributed by atoms with Crippen LogP contribution in [-0.2, 0) is 4.79 Å².